The first kappa shape index (κ1) is 24.6. The van der Waals surface area contributed by atoms with Gasteiger partial charge in [0.15, 0.2) is 0 Å². The molecule has 2 aromatic carbocycles. The number of piperazine rings is 1. The van der Waals surface area contributed by atoms with E-state index >= 15 is 0 Å². The highest BCUT2D eigenvalue weighted by atomic mass is 35.5. The number of benzene rings is 2. The van der Waals surface area contributed by atoms with Gasteiger partial charge in [-0.2, -0.15) is 0 Å². The summed E-state index contributed by atoms with van der Waals surface area (Å²) in [5.74, 6) is -0.972. The number of rotatable bonds is 9. The molecule has 32 heavy (non-hydrogen) atoms. The minimum atomic E-state index is -0.617. The van der Waals surface area contributed by atoms with Gasteiger partial charge in [-0.1, -0.05) is 50.1 Å². The minimum absolute atomic E-state index is 0.0485. The molecule has 0 radical (unpaired) electrons. The predicted octanol–water partition coefficient (Wildman–Crippen LogP) is 5.46. The number of hydrogen-bond donors (Lipinski definition) is 0. The van der Waals surface area contributed by atoms with E-state index < -0.39 is 11.6 Å². The summed E-state index contributed by atoms with van der Waals surface area (Å²) in [6.07, 6.45) is 1.51. The van der Waals surface area contributed by atoms with Crippen LogP contribution < -0.4 is 0 Å². The zero-order chi connectivity index (χ0) is 23.1. The maximum absolute atomic E-state index is 14.1. The molecule has 3 rings (SSSR count). The standard InChI is InChI=1S/C25H31ClF2N2O2/c1-3-5-18(2)25(31)30-14-12-29(13-15-30)16-24(19-8-10-20(26)11-9-19)32-17-21-22(27)6-4-7-23(21)28/h4,6-11,18,24H,3,5,12-17H2,1-2H3/t18-,24-/m1/s1. The van der Waals surface area contributed by atoms with Crippen molar-refractivity contribution in [2.45, 2.75) is 39.4 Å². The lowest BCUT2D eigenvalue weighted by Crippen LogP contribution is -2.50. The molecule has 2 aromatic rings. The average Bonchev–Trinajstić information content (AvgIpc) is 2.78. The molecule has 4 nitrogen and oxygen atoms in total. The zero-order valence-corrected chi connectivity index (χ0v) is 19.5. The van der Waals surface area contributed by atoms with Crippen molar-refractivity contribution >= 4 is 17.5 Å². The van der Waals surface area contributed by atoms with Crippen LogP contribution in [0.5, 0.6) is 0 Å². The van der Waals surface area contributed by atoms with Gasteiger partial charge in [0.1, 0.15) is 11.6 Å². The third-order valence-corrected chi connectivity index (χ3v) is 6.24. The van der Waals surface area contributed by atoms with Crippen LogP contribution in [0.3, 0.4) is 0 Å². The molecule has 7 heteroatoms. The lowest BCUT2D eigenvalue weighted by Gasteiger charge is -2.37. The summed E-state index contributed by atoms with van der Waals surface area (Å²) < 4.78 is 34.2. The Morgan fingerprint density at radius 1 is 1.06 bits per heavy atom. The molecule has 1 saturated heterocycles. The summed E-state index contributed by atoms with van der Waals surface area (Å²) in [6.45, 7) is 7.27. The van der Waals surface area contributed by atoms with Gasteiger partial charge in [0.05, 0.1) is 12.7 Å². The van der Waals surface area contributed by atoms with Crippen LogP contribution in [0.1, 0.15) is 43.9 Å². The average molecular weight is 465 g/mol. The van der Waals surface area contributed by atoms with Gasteiger partial charge in [-0.25, -0.2) is 8.78 Å². The maximum Gasteiger partial charge on any atom is 0.225 e. The fourth-order valence-electron chi connectivity index (χ4n) is 4.04. The Kier molecular flexibility index (Phi) is 9.02. The van der Waals surface area contributed by atoms with E-state index in [-0.39, 0.29) is 30.1 Å². The van der Waals surface area contributed by atoms with Crippen molar-refractivity contribution < 1.29 is 18.3 Å². The van der Waals surface area contributed by atoms with Crippen LogP contribution in [0.25, 0.3) is 0 Å². The molecule has 1 fully saturated rings. The monoisotopic (exact) mass is 464 g/mol. The molecule has 1 aliphatic rings. The Morgan fingerprint density at radius 3 is 2.28 bits per heavy atom. The van der Waals surface area contributed by atoms with Crippen LogP contribution in [-0.2, 0) is 16.1 Å². The van der Waals surface area contributed by atoms with Crippen molar-refractivity contribution in [3.05, 3.63) is 70.2 Å². The Balaban J connectivity index is 1.65. The molecule has 0 bridgehead atoms. The highest BCUT2D eigenvalue weighted by Gasteiger charge is 2.26. The Hall–Kier alpha value is -2.02. The van der Waals surface area contributed by atoms with E-state index in [9.17, 15) is 13.6 Å². The summed E-state index contributed by atoms with van der Waals surface area (Å²) in [5.41, 5.74) is 0.813. The van der Waals surface area contributed by atoms with Crippen LogP contribution in [0.4, 0.5) is 8.78 Å². The van der Waals surface area contributed by atoms with E-state index in [2.05, 4.69) is 11.8 Å². The molecule has 0 N–H and O–H groups in total. The molecule has 0 aliphatic carbocycles. The zero-order valence-electron chi connectivity index (χ0n) is 18.7. The first-order valence-corrected chi connectivity index (χ1v) is 11.6. The SMILES string of the molecule is CCC[C@@H](C)C(=O)N1CCN(C[C@@H](OCc2c(F)cccc2F)c2ccc(Cl)cc2)CC1. The Labute approximate surface area is 194 Å². The smallest absolute Gasteiger partial charge is 0.225 e. The molecule has 1 aliphatic heterocycles. The molecule has 0 saturated carbocycles. The maximum atomic E-state index is 14.1. The number of carbonyl (C=O) groups excluding carboxylic acids is 1. The van der Waals surface area contributed by atoms with Gasteiger partial charge < -0.3 is 9.64 Å². The van der Waals surface area contributed by atoms with Gasteiger partial charge in [0, 0.05) is 49.2 Å². The molecular formula is C25H31ClF2N2O2. The third-order valence-electron chi connectivity index (χ3n) is 5.98. The molecule has 0 unspecified atom stereocenters. The number of amides is 1. The molecule has 0 spiro atoms. The van der Waals surface area contributed by atoms with Gasteiger partial charge in [0.2, 0.25) is 5.91 Å². The first-order chi connectivity index (χ1) is 15.4. The van der Waals surface area contributed by atoms with Crippen LogP contribution >= 0.6 is 11.6 Å². The van der Waals surface area contributed by atoms with Crippen molar-refractivity contribution in [1.29, 1.82) is 0 Å². The second-order valence-corrected chi connectivity index (χ2v) is 8.80. The summed E-state index contributed by atoms with van der Waals surface area (Å²) in [4.78, 5) is 16.8. The Bertz CT molecular complexity index is 866. The summed E-state index contributed by atoms with van der Waals surface area (Å²) >= 11 is 6.03. The highest BCUT2D eigenvalue weighted by molar-refractivity contribution is 6.30. The van der Waals surface area contributed by atoms with Crippen LogP contribution in [0.2, 0.25) is 5.02 Å². The molecule has 1 amide bonds. The van der Waals surface area contributed by atoms with E-state index in [1.54, 1.807) is 12.1 Å². The second-order valence-electron chi connectivity index (χ2n) is 8.37. The van der Waals surface area contributed by atoms with Crippen molar-refractivity contribution in [3.63, 3.8) is 0 Å². The lowest BCUT2D eigenvalue weighted by atomic mass is 10.0. The summed E-state index contributed by atoms with van der Waals surface area (Å²) in [5, 5.41) is 0.612. The molecule has 1 heterocycles. The van der Waals surface area contributed by atoms with E-state index in [0.29, 0.717) is 24.7 Å². The van der Waals surface area contributed by atoms with E-state index in [0.717, 1.165) is 31.5 Å². The van der Waals surface area contributed by atoms with Gasteiger partial charge in [-0.05, 0) is 36.2 Å². The molecule has 2 atom stereocenters. The molecule has 0 aromatic heterocycles. The molecular weight excluding hydrogens is 434 g/mol. The van der Waals surface area contributed by atoms with Crippen molar-refractivity contribution in [3.8, 4) is 0 Å². The fourth-order valence-corrected chi connectivity index (χ4v) is 4.17. The number of nitrogens with zero attached hydrogens (tertiary/aromatic N) is 2. The van der Waals surface area contributed by atoms with E-state index in [1.165, 1.54) is 18.2 Å². The number of hydrogen-bond acceptors (Lipinski definition) is 3. The topological polar surface area (TPSA) is 32.8 Å². The minimum Gasteiger partial charge on any atom is -0.367 e. The van der Waals surface area contributed by atoms with Gasteiger partial charge in [-0.3, -0.25) is 9.69 Å². The van der Waals surface area contributed by atoms with Crippen LogP contribution in [0.15, 0.2) is 42.5 Å². The van der Waals surface area contributed by atoms with Crippen LogP contribution in [0, 0.1) is 17.6 Å². The summed E-state index contributed by atoms with van der Waals surface area (Å²) in [6, 6.07) is 11.1. The fraction of sp³-hybridized carbons (Fsp3) is 0.480. The van der Waals surface area contributed by atoms with Crippen LogP contribution in [-0.4, -0.2) is 48.4 Å². The van der Waals surface area contributed by atoms with Gasteiger partial charge in [0.25, 0.3) is 0 Å². The number of ether oxygens (including phenoxy) is 1. The largest absolute Gasteiger partial charge is 0.367 e. The quantitative estimate of drug-likeness (QED) is 0.494. The van der Waals surface area contributed by atoms with Crippen molar-refractivity contribution in [1.82, 2.24) is 9.80 Å². The predicted molar refractivity (Wildman–Crippen MR) is 122 cm³/mol. The Morgan fingerprint density at radius 2 is 1.69 bits per heavy atom. The lowest BCUT2D eigenvalue weighted by molar-refractivity contribution is -0.137. The second kappa shape index (κ2) is 11.7. The normalized spacial score (nSPS) is 16.7. The molecule has 174 valence electrons. The summed E-state index contributed by atoms with van der Waals surface area (Å²) in [7, 11) is 0. The van der Waals surface area contributed by atoms with Crippen molar-refractivity contribution in [2.75, 3.05) is 32.7 Å². The van der Waals surface area contributed by atoms with E-state index in [1.807, 2.05) is 24.0 Å². The first-order valence-electron chi connectivity index (χ1n) is 11.2. The number of halogens is 3. The van der Waals surface area contributed by atoms with E-state index in [4.69, 9.17) is 16.3 Å². The van der Waals surface area contributed by atoms with Crippen molar-refractivity contribution in [2.24, 2.45) is 5.92 Å². The van der Waals surface area contributed by atoms with Gasteiger partial charge in [-0.15, -0.1) is 0 Å². The highest BCUT2D eigenvalue weighted by Crippen LogP contribution is 2.25. The number of carbonyl (C=O) groups is 1. The third kappa shape index (κ3) is 6.50. The van der Waals surface area contributed by atoms with Gasteiger partial charge >= 0.3 is 0 Å².